The average molecular weight is 527 g/mol. The Morgan fingerprint density at radius 2 is 1.70 bits per heavy atom. The number of aromatic nitrogens is 2. The highest BCUT2D eigenvalue weighted by atomic mass is 35.5. The van der Waals surface area contributed by atoms with Crippen molar-refractivity contribution < 1.29 is 24.5 Å². The van der Waals surface area contributed by atoms with E-state index < -0.39 is 11.8 Å². The number of aryl methyl sites for hydroxylation is 1. The number of benzene rings is 1. The van der Waals surface area contributed by atoms with E-state index in [1.807, 2.05) is 13.0 Å². The minimum atomic E-state index is -0.497. The van der Waals surface area contributed by atoms with Crippen LogP contribution >= 0.6 is 11.6 Å². The van der Waals surface area contributed by atoms with Gasteiger partial charge in [-0.1, -0.05) is 31.0 Å². The average Bonchev–Trinajstić information content (AvgIpc) is 2.92. The van der Waals surface area contributed by atoms with Gasteiger partial charge in [-0.3, -0.25) is 4.79 Å². The summed E-state index contributed by atoms with van der Waals surface area (Å²) in [6.45, 7) is 3.88. The Morgan fingerprint density at radius 3 is 2.27 bits per heavy atom. The van der Waals surface area contributed by atoms with Gasteiger partial charge in [0.25, 0.3) is 5.91 Å². The second-order valence-corrected chi connectivity index (χ2v) is 9.17. The summed E-state index contributed by atoms with van der Waals surface area (Å²) in [5.74, 6) is 0.365. The quantitative estimate of drug-likeness (QED) is 0.441. The number of hydrogen-bond donors (Lipinski definition) is 2. The van der Waals surface area contributed by atoms with Crippen LogP contribution in [0.3, 0.4) is 0 Å². The van der Waals surface area contributed by atoms with Crippen molar-refractivity contribution >= 4 is 23.3 Å². The number of unbranched alkanes of at least 4 members (excludes halogenated alkanes) is 1. The van der Waals surface area contributed by atoms with Crippen molar-refractivity contribution in [2.75, 3.05) is 45.3 Å². The maximum absolute atomic E-state index is 13.6. The smallest absolute Gasteiger partial charge is 0.263 e. The van der Waals surface area contributed by atoms with Crippen LogP contribution in [0, 0.1) is 0 Å². The third-order valence-electron chi connectivity index (χ3n) is 6.49. The number of carbonyl (C=O) groups is 1. The molecule has 1 aliphatic rings. The highest BCUT2D eigenvalue weighted by molar-refractivity contribution is 6.30. The fraction of sp³-hybridized carbons (Fsp3) is 0.370. The molecule has 9 nitrogen and oxygen atoms in total. The van der Waals surface area contributed by atoms with E-state index in [2.05, 4.69) is 14.9 Å². The van der Waals surface area contributed by atoms with Gasteiger partial charge in [0.2, 0.25) is 5.88 Å². The molecule has 10 heteroatoms. The van der Waals surface area contributed by atoms with Crippen molar-refractivity contribution in [3.8, 4) is 34.3 Å². The monoisotopic (exact) mass is 526 g/mol. The van der Waals surface area contributed by atoms with Crippen molar-refractivity contribution in [1.29, 1.82) is 0 Å². The zero-order chi connectivity index (χ0) is 26.5. The number of piperazine rings is 1. The summed E-state index contributed by atoms with van der Waals surface area (Å²) < 4.78 is 11.1. The van der Waals surface area contributed by atoms with E-state index >= 15 is 0 Å². The van der Waals surface area contributed by atoms with Gasteiger partial charge < -0.3 is 29.5 Å². The summed E-state index contributed by atoms with van der Waals surface area (Å²) in [6.07, 6.45) is 3.75. The largest absolute Gasteiger partial charge is 0.506 e. The molecule has 1 amide bonds. The van der Waals surface area contributed by atoms with Crippen LogP contribution in [0.15, 0.2) is 36.5 Å². The maximum Gasteiger partial charge on any atom is 0.263 e. The SMILES string of the molecule is CCCCc1nc(O)c(C(=O)N2CCN(c3ccc(Cl)cn3)CC2)c(O)c1-c1c(OC)cccc1OC. The molecule has 3 aromatic rings. The summed E-state index contributed by atoms with van der Waals surface area (Å²) in [6, 6.07) is 8.89. The zero-order valence-corrected chi connectivity index (χ0v) is 22.0. The van der Waals surface area contributed by atoms with E-state index in [9.17, 15) is 15.0 Å². The lowest BCUT2D eigenvalue weighted by Crippen LogP contribution is -2.49. The number of carbonyl (C=O) groups excluding carboxylic acids is 1. The van der Waals surface area contributed by atoms with Crippen LogP contribution in [0.1, 0.15) is 35.8 Å². The summed E-state index contributed by atoms with van der Waals surface area (Å²) in [4.78, 5) is 26.0. The van der Waals surface area contributed by atoms with Crippen LogP contribution in [0.5, 0.6) is 23.1 Å². The van der Waals surface area contributed by atoms with Crippen LogP contribution in [0.4, 0.5) is 5.82 Å². The highest BCUT2D eigenvalue weighted by Crippen LogP contribution is 2.47. The predicted molar refractivity (Wildman–Crippen MR) is 142 cm³/mol. The maximum atomic E-state index is 13.6. The molecule has 0 spiro atoms. The van der Waals surface area contributed by atoms with Crippen molar-refractivity contribution in [1.82, 2.24) is 14.9 Å². The summed E-state index contributed by atoms with van der Waals surface area (Å²) in [5, 5.41) is 22.9. The second kappa shape index (κ2) is 11.6. The van der Waals surface area contributed by atoms with Crippen LogP contribution in [-0.4, -0.2) is 71.4 Å². The van der Waals surface area contributed by atoms with E-state index in [0.29, 0.717) is 65.9 Å². The first kappa shape index (κ1) is 26.3. The molecular formula is C27H31ClN4O5. The Morgan fingerprint density at radius 1 is 1.03 bits per heavy atom. The first-order valence-electron chi connectivity index (χ1n) is 12.2. The van der Waals surface area contributed by atoms with E-state index in [-0.39, 0.29) is 11.3 Å². The lowest BCUT2D eigenvalue weighted by atomic mass is 9.95. The van der Waals surface area contributed by atoms with Gasteiger partial charge in [-0.2, -0.15) is 0 Å². The Hall–Kier alpha value is -3.72. The van der Waals surface area contributed by atoms with E-state index in [0.717, 1.165) is 18.7 Å². The van der Waals surface area contributed by atoms with Crippen LogP contribution in [0.25, 0.3) is 11.1 Å². The molecule has 0 atom stereocenters. The van der Waals surface area contributed by atoms with Crippen molar-refractivity contribution in [3.63, 3.8) is 0 Å². The molecule has 0 bridgehead atoms. The minimum Gasteiger partial charge on any atom is -0.506 e. The molecule has 0 radical (unpaired) electrons. The number of anilines is 1. The predicted octanol–water partition coefficient (Wildman–Crippen LogP) is 4.53. The summed E-state index contributed by atoms with van der Waals surface area (Å²) in [7, 11) is 3.05. The van der Waals surface area contributed by atoms with Crippen LogP contribution < -0.4 is 14.4 Å². The second-order valence-electron chi connectivity index (χ2n) is 8.74. The third-order valence-corrected chi connectivity index (χ3v) is 6.71. The molecule has 1 aliphatic heterocycles. The Balaban J connectivity index is 1.71. The number of aromatic hydroxyl groups is 2. The van der Waals surface area contributed by atoms with Crippen molar-refractivity contribution in [2.45, 2.75) is 26.2 Å². The third kappa shape index (κ3) is 5.36. The molecule has 2 N–H and O–H groups in total. The standard InChI is InChI=1S/C27H31ClN4O5/c1-4-5-7-18-22(23-19(36-2)8-6-9-20(23)37-3)25(33)24(26(34)30-18)27(35)32-14-12-31(13-15-32)21-11-10-17(28)16-29-21/h6,8-11,16H,4-5,7,12-15H2,1-3H3,(H2,30,33,34). The molecule has 4 rings (SSSR count). The van der Waals surface area contributed by atoms with Gasteiger partial charge >= 0.3 is 0 Å². The minimum absolute atomic E-state index is 0.235. The van der Waals surface area contributed by atoms with Crippen molar-refractivity contribution in [3.05, 3.63) is 52.8 Å². The van der Waals surface area contributed by atoms with Crippen molar-refractivity contribution in [2.24, 2.45) is 0 Å². The molecule has 0 unspecified atom stereocenters. The van der Waals surface area contributed by atoms with E-state index in [1.165, 1.54) is 14.2 Å². The lowest BCUT2D eigenvalue weighted by Gasteiger charge is -2.35. The molecule has 1 aromatic carbocycles. The van der Waals surface area contributed by atoms with Crippen LogP contribution in [0.2, 0.25) is 5.02 Å². The first-order valence-corrected chi connectivity index (χ1v) is 12.6. The topological polar surface area (TPSA) is 108 Å². The number of halogens is 1. The Labute approximate surface area is 221 Å². The zero-order valence-electron chi connectivity index (χ0n) is 21.2. The van der Waals surface area contributed by atoms with Gasteiger partial charge in [0.05, 0.1) is 36.1 Å². The van der Waals surface area contributed by atoms with Gasteiger partial charge in [-0.05, 0) is 37.1 Å². The number of amides is 1. The first-order chi connectivity index (χ1) is 17.9. The van der Waals surface area contributed by atoms with Gasteiger partial charge in [0.15, 0.2) is 0 Å². The fourth-order valence-corrected chi connectivity index (χ4v) is 4.65. The van der Waals surface area contributed by atoms with E-state index in [4.69, 9.17) is 21.1 Å². The summed E-state index contributed by atoms with van der Waals surface area (Å²) in [5.41, 5.74) is 1.04. The number of nitrogens with zero attached hydrogens (tertiary/aromatic N) is 4. The summed E-state index contributed by atoms with van der Waals surface area (Å²) >= 11 is 5.94. The van der Waals surface area contributed by atoms with Crippen LogP contribution in [-0.2, 0) is 6.42 Å². The molecular weight excluding hydrogens is 496 g/mol. The molecule has 1 saturated heterocycles. The van der Waals surface area contributed by atoms with Gasteiger partial charge in [-0.15, -0.1) is 0 Å². The number of hydrogen-bond acceptors (Lipinski definition) is 8. The molecule has 3 heterocycles. The van der Waals surface area contributed by atoms with E-state index in [1.54, 1.807) is 35.4 Å². The highest BCUT2D eigenvalue weighted by Gasteiger charge is 2.32. The normalized spacial score (nSPS) is 13.5. The number of methoxy groups -OCH3 is 2. The number of pyridine rings is 2. The molecule has 1 fully saturated rings. The molecule has 196 valence electrons. The Bertz CT molecular complexity index is 1240. The van der Waals surface area contributed by atoms with Gasteiger partial charge in [0, 0.05) is 32.4 Å². The number of rotatable bonds is 8. The van der Waals surface area contributed by atoms with Gasteiger partial charge in [0.1, 0.15) is 28.6 Å². The molecule has 0 aliphatic carbocycles. The Kier molecular flexibility index (Phi) is 8.23. The lowest BCUT2D eigenvalue weighted by molar-refractivity contribution is 0.0739. The fourth-order valence-electron chi connectivity index (χ4n) is 4.54. The molecule has 0 saturated carbocycles. The van der Waals surface area contributed by atoms with Gasteiger partial charge in [-0.25, -0.2) is 9.97 Å². The molecule has 37 heavy (non-hydrogen) atoms. The molecule has 2 aromatic heterocycles. The number of ether oxygens (including phenoxy) is 2.